The van der Waals surface area contributed by atoms with E-state index in [9.17, 15) is 14.9 Å². The maximum Gasteiger partial charge on any atom is 0.283 e. The van der Waals surface area contributed by atoms with Crippen molar-refractivity contribution >= 4 is 23.2 Å². The summed E-state index contributed by atoms with van der Waals surface area (Å²) >= 11 is 5.98. The number of amides is 1. The van der Waals surface area contributed by atoms with Gasteiger partial charge in [0.25, 0.3) is 11.6 Å². The van der Waals surface area contributed by atoms with Crippen molar-refractivity contribution in [3.63, 3.8) is 0 Å². The van der Waals surface area contributed by atoms with Gasteiger partial charge in [0.2, 0.25) is 0 Å². The lowest BCUT2D eigenvalue weighted by Crippen LogP contribution is -2.48. The highest BCUT2D eigenvalue weighted by Gasteiger charge is 2.35. The first-order valence-corrected chi connectivity index (χ1v) is 7.42. The van der Waals surface area contributed by atoms with E-state index in [-0.39, 0.29) is 22.3 Å². The molecule has 2 N–H and O–H groups in total. The summed E-state index contributed by atoms with van der Waals surface area (Å²) in [7, 11) is 0. The first-order chi connectivity index (χ1) is 10.0. The number of nitro groups is 1. The van der Waals surface area contributed by atoms with Gasteiger partial charge in [-0.15, -0.1) is 0 Å². The Morgan fingerprint density at radius 3 is 2.62 bits per heavy atom. The number of hydrogen-bond acceptors (Lipinski definition) is 4. The molecule has 0 aliphatic carbocycles. The van der Waals surface area contributed by atoms with E-state index in [2.05, 4.69) is 10.6 Å². The lowest BCUT2D eigenvalue weighted by Gasteiger charge is -2.29. The van der Waals surface area contributed by atoms with Gasteiger partial charge in [-0.25, -0.2) is 0 Å². The van der Waals surface area contributed by atoms with Crippen LogP contribution in [-0.2, 0) is 0 Å². The Morgan fingerprint density at radius 1 is 1.33 bits per heavy atom. The van der Waals surface area contributed by atoms with Crippen LogP contribution < -0.4 is 10.6 Å². The highest BCUT2D eigenvalue weighted by molar-refractivity contribution is 6.34. The molecule has 0 aromatic heterocycles. The topological polar surface area (TPSA) is 84.3 Å². The number of rotatable bonds is 3. The molecule has 2 bridgehead atoms. The van der Waals surface area contributed by atoms with Crippen molar-refractivity contribution in [2.24, 2.45) is 0 Å². The number of nitrogens with one attached hydrogen (secondary N) is 2. The van der Waals surface area contributed by atoms with Gasteiger partial charge in [0.1, 0.15) is 5.56 Å². The predicted molar refractivity (Wildman–Crippen MR) is 78.5 cm³/mol. The van der Waals surface area contributed by atoms with Crippen LogP contribution in [0.25, 0.3) is 0 Å². The second-order valence-corrected chi connectivity index (χ2v) is 6.08. The number of carbonyl (C=O) groups excluding carboxylic acids is 1. The first-order valence-electron chi connectivity index (χ1n) is 7.04. The van der Waals surface area contributed by atoms with Gasteiger partial charge in [-0.2, -0.15) is 0 Å². The zero-order chi connectivity index (χ0) is 15.0. The molecule has 0 saturated carbocycles. The maximum atomic E-state index is 12.4. The van der Waals surface area contributed by atoms with Gasteiger partial charge in [0.15, 0.2) is 0 Å². The number of nitro benzene ring substituents is 1. The Labute approximate surface area is 127 Å². The predicted octanol–water partition coefficient (Wildman–Crippen LogP) is 2.26. The maximum absolute atomic E-state index is 12.4. The highest BCUT2D eigenvalue weighted by atomic mass is 35.5. The van der Waals surface area contributed by atoms with Crippen LogP contribution in [0, 0.1) is 10.1 Å². The van der Waals surface area contributed by atoms with E-state index >= 15 is 0 Å². The molecular formula is C14H16ClN3O3. The van der Waals surface area contributed by atoms with E-state index in [0.29, 0.717) is 12.1 Å². The molecule has 3 rings (SSSR count). The van der Waals surface area contributed by atoms with Crippen LogP contribution in [0.5, 0.6) is 0 Å². The van der Waals surface area contributed by atoms with Crippen molar-refractivity contribution < 1.29 is 9.72 Å². The highest BCUT2D eigenvalue weighted by Crippen LogP contribution is 2.29. The molecule has 2 aliphatic heterocycles. The van der Waals surface area contributed by atoms with Crippen LogP contribution in [0.1, 0.15) is 36.0 Å². The normalized spacial score (nSPS) is 27.4. The van der Waals surface area contributed by atoms with Crippen LogP contribution in [0.4, 0.5) is 5.69 Å². The number of halogens is 1. The van der Waals surface area contributed by atoms with Crippen molar-refractivity contribution in [2.45, 2.75) is 43.8 Å². The minimum absolute atomic E-state index is 0.0463. The van der Waals surface area contributed by atoms with E-state index in [1.54, 1.807) is 0 Å². The van der Waals surface area contributed by atoms with Gasteiger partial charge in [-0.1, -0.05) is 17.7 Å². The molecule has 6 nitrogen and oxygen atoms in total. The third-order valence-corrected chi connectivity index (χ3v) is 4.54. The zero-order valence-electron chi connectivity index (χ0n) is 11.3. The standard InChI is InChI=1S/C14H16ClN3O3/c15-11-2-1-3-12(18(20)21)13(11)14(19)17-10-6-8-4-5-9(7-10)16-8/h1-3,8-10,16H,4-7H2,(H,17,19). The monoisotopic (exact) mass is 309 g/mol. The van der Waals surface area contributed by atoms with E-state index in [4.69, 9.17) is 11.6 Å². The molecule has 1 aromatic rings. The second kappa shape index (κ2) is 5.61. The Kier molecular flexibility index (Phi) is 3.82. The number of fused-ring (bicyclic) bond motifs is 2. The van der Waals surface area contributed by atoms with E-state index in [1.165, 1.54) is 18.2 Å². The summed E-state index contributed by atoms with van der Waals surface area (Å²) in [5.41, 5.74) is -0.299. The van der Waals surface area contributed by atoms with Crippen LogP contribution in [-0.4, -0.2) is 29.0 Å². The number of piperidine rings is 1. The van der Waals surface area contributed by atoms with Crippen molar-refractivity contribution in [3.05, 3.63) is 38.9 Å². The smallest absolute Gasteiger partial charge is 0.283 e. The van der Waals surface area contributed by atoms with Crippen LogP contribution in [0.2, 0.25) is 5.02 Å². The quantitative estimate of drug-likeness (QED) is 0.662. The third kappa shape index (κ3) is 2.87. The Hall–Kier alpha value is -1.66. The molecule has 2 unspecified atom stereocenters. The average molecular weight is 310 g/mol. The molecule has 1 aromatic carbocycles. The number of carbonyl (C=O) groups is 1. The van der Waals surface area contributed by atoms with Gasteiger partial charge in [0.05, 0.1) is 9.95 Å². The van der Waals surface area contributed by atoms with Crippen LogP contribution >= 0.6 is 11.6 Å². The SMILES string of the molecule is O=C(NC1CC2CCC(C1)N2)c1c(Cl)cccc1[N+](=O)[O-]. The molecule has 0 radical (unpaired) electrons. The summed E-state index contributed by atoms with van der Waals surface area (Å²) in [6.45, 7) is 0. The minimum Gasteiger partial charge on any atom is -0.349 e. The summed E-state index contributed by atoms with van der Waals surface area (Å²) in [4.78, 5) is 22.8. The fraction of sp³-hybridized carbons (Fsp3) is 0.500. The van der Waals surface area contributed by atoms with Gasteiger partial charge in [-0.3, -0.25) is 14.9 Å². The summed E-state index contributed by atoms with van der Waals surface area (Å²) in [5.74, 6) is -0.460. The Balaban J connectivity index is 1.78. The number of benzene rings is 1. The van der Waals surface area contributed by atoms with Crippen LogP contribution in [0.15, 0.2) is 18.2 Å². The van der Waals surface area contributed by atoms with E-state index in [0.717, 1.165) is 25.7 Å². The fourth-order valence-electron chi connectivity index (χ4n) is 3.32. The van der Waals surface area contributed by atoms with Gasteiger partial charge >= 0.3 is 0 Å². The summed E-state index contributed by atoms with van der Waals surface area (Å²) < 4.78 is 0. The summed E-state index contributed by atoms with van der Waals surface area (Å²) in [6, 6.07) is 5.20. The van der Waals surface area contributed by atoms with Crippen molar-refractivity contribution in [1.29, 1.82) is 0 Å². The van der Waals surface area contributed by atoms with Crippen molar-refractivity contribution in [2.75, 3.05) is 0 Å². The molecule has 7 heteroatoms. The van der Waals surface area contributed by atoms with Crippen molar-refractivity contribution in [3.8, 4) is 0 Å². The molecule has 2 atom stereocenters. The molecule has 2 fully saturated rings. The van der Waals surface area contributed by atoms with Gasteiger partial charge in [0, 0.05) is 24.2 Å². The lowest BCUT2D eigenvalue weighted by atomic mass is 9.99. The third-order valence-electron chi connectivity index (χ3n) is 4.22. The molecule has 2 aliphatic rings. The van der Waals surface area contributed by atoms with Gasteiger partial charge < -0.3 is 10.6 Å². The zero-order valence-corrected chi connectivity index (χ0v) is 12.1. The summed E-state index contributed by atoms with van der Waals surface area (Å²) in [5, 5.41) is 17.5. The lowest BCUT2D eigenvalue weighted by molar-refractivity contribution is -0.385. The molecule has 21 heavy (non-hydrogen) atoms. The van der Waals surface area contributed by atoms with Crippen molar-refractivity contribution in [1.82, 2.24) is 10.6 Å². The van der Waals surface area contributed by atoms with E-state index in [1.807, 2.05) is 0 Å². The second-order valence-electron chi connectivity index (χ2n) is 5.67. The number of nitrogens with zero attached hydrogens (tertiary/aromatic N) is 1. The molecule has 112 valence electrons. The van der Waals surface area contributed by atoms with E-state index < -0.39 is 10.8 Å². The molecule has 0 spiro atoms. The fourth-order valence-corrected chi connectivity index (χ4v) is 3.58. The Bertz CT molecular complexity index is 581. The minimum atomic E-state index is -0.576. The molecular weight excluding hydrogens is 294 g/mol. The first kappa shape index (κ1) is 14.3. The molecule has 2 heterocycles. The van der Waals surface area contributed by atoms with Crippen LogP contribution in [0.3, 0.4) is 0 Å². The average Bonchev–Trinajstić information content (AvgIpc) is 2.77. The Morgan fingerprint density at radius 2 is 2.00 bits per heavy atom. The van der Waals surface area contributed by atoms with Gasteiger partial charge in [-0.05, 0) is 31.7 Å². The largest absolute Gasteiger partial charge is 0.349 e. The molecule has 1 amide bonds. The molecule has 2 saturated heterocycles. The number of hydrogen-bond donors (Lipinski definition) is 2. The summed E-state index contributed by atoms with van der Waals surface area (Å²) in [6.07, 6.45) is 3.98.